The van der Waals surface area contributed by atoms with Crippen LogP contribution < -0.4 is 10.6 Å². The van der Waals surface area contributed by atoms with Crippen LogP contribution in [0.1, 0.15) is 6.92 Å². The lowest BCUT2D eigenvalue weighted by molar-refractivity contribution is -0.163. The SMILES string of the molecule is CNC(=O)[C@@]1(C)CN(C(=O)CN2C(=O)CNC2=O)CCO1. The summed E-state index contributed by atoms with van der Waals surface area (Å²) in [6.07, 6.45) is 0. The zero-order valence-electron chi connectivity index (χ0n) is 12.0. The van der Waals surface area contributed by atoms with Crippen LogP contribution >= 0.6 is 0 Å². The number of urea groups is 1. The van der Waals surface area contributed by atoms with Gasteiger partial charge in [-0.1, -0.05) is 0 Å². The molecule has 0 aromatic heterocycles. The van der Waals surface area contributed by atoms with E-state index in [-0.39, 0.29) is 38.1 Å². The lowest BCUT2D eigenvalue weighted by Crippen LogP contribution is -2.60. The highest BCUT2D eigenvalue weighted by molar-refractivity contribution is 6.04. The van der Waals surface area contributed by atoms with Crippen LogP contribution in [-0.2, 0) is 19.1 Å². The van der Waals surface area contributed by atoms with Crippen LogP contribution in [0.5, 0.6) is 0 Å². The lowest BCUT2D eigenvalue weighted by atomic mass is 10.0. The number of imide groups is 1. The third-order valence-corrected chi connectivity index (χ3v) is 3.56. The van der Waals surface area contributed by atoms with Crippen LogP contribution in [0.15, 0.2) is 0 Å². The summed E-state index contributed by atoms with van der Waals surface area (Å²) in [5, 5.41) is 4.84. The molecule has 9 heteroatoms. The molecule has 0 aromatic rings. The van der Waals surface area contributed by atoms with Gasteiger partial charge in [0.25, 0.3) is 11.8 Å². The maximum atomic E-state index is 12.2. The van der Waals surface area contributed by atoms with Crippen molar-refractivity contribution in [2.45, 2.75) is 12.5 Å². The van der Waals surface area contributed by atoms with E-state index >= 15 is 0 Å². The van der Waals surface area contributed by atoms with Gasteiger partial charge in [0, 0.05) is 13.6 Å². The number of likely N-dealkylation sites (N-methyl/N-ethyl adjacent to an activating group) is 1. The first kappa shape index (κ1) is 15.2. The van der Waals surface area contributed by atoms with Gasteiger partial charge in [-0.15, -0.1) is 0 Å². The number of rotatable bonds is 3. The molecule has 0 aliphatic carbocycles. The molecule has 5 amide bonds. The Balaban J connectivity index is 2.01. The zero-order valence-corrected chi connectivity index (χ0v) is 12.0. The molecule has 2 rings (SSSR count). The molecule has 2 aliphatic rings. The molecule has 2 fully saturated rings. The fraction of sp³-hybridized carbons (Fsp3) is 0.667. The van der Waals surface area contributed by atoms with Crippen molar-refractivity contribution in [3.63, 3.8) is 0 Å². The molecule has 2 saturated heterocycles. The van der Waals surface area contributed by atoms with E-state index in [0.717, 1.165) is 4.90 Å². The van der Waals surface area contributed by atoms with Crippen LogP contribution in [0.25, 0.3) is 0 Å². The molecule has 2 N–H and O–H groups in total. The number of nitrogens with zero attached hydrogens (tertiary/aromatic N) is 2. The van der Waals surface area contributed by atoms with E-state index in [1.165, 1.54) is 11.9 Å². The van der Waals surface area contributed by atoms with Gasteiger partial charge in [0.05, 0.1) is 19.7 Å². The van der Waals surface area contributed by atoms with Crippen molar-refractivity contribution in [2.75, 3.05) is 39.8 Å². The van der Waals surface area contributed by atoms with Crippen molar-refractivity contribution < 1.29 is 23.9 Å². The maximum absolute atomic E-state index is 12.2. The van der Waals surface area contributed by atoms with Gasteiger partial charge in [-0.25, -0.2) is 4.79 Å². The summed E-state index contributed by atoms with van der Waals surface area (Å²) in [5.74, 6) is -1.15. The van der Waals surface area contributed by atoms with Gasteiger partial charge in [-0.3, -0.25) is 19.3 Å². The molecular formula is C12H18N4O5. The van der Waals surface area contributed by atoms with Crippen molar-refractivity contribution in [3.8, 4) is 0 Å². The minimum Gasteiger partial charge on any atom is -0.362 e. The van der Waals surface area contributed by atoms with E-state index in [2.05, 4.69) is 10.6 Å². The number of hydrogen-bond acceptors (Lipinski definition) is 5. The normalized spacial score (nSPS) is 25.8. The van der Waals surface area contributed by atoms with Crippen LogP contribution in [0.2, 0.25) is 0 Å². The molecule has 1 atom stereocenters. The number of nitrogens with one attached hydrogen (secondary N) is 2. The third kappa shape index (κ3) is 2.97. The molecule has 2 heterocycles. The second kappa shape index (κ2) is 5.68. The summed E-state index contributed by atoms with van der Waals surface area (Å²) in [5.41, 5.74) is -1.13. The summed E-state index contributed by atoms with van der Waals surface area (Å²) < 4.78 is 5.45. The number of ether oxygens (including phenoxy) is 1. The molecule has 0 aromatic carbocycles. The van der Waals surface area contributed by atoms with E-state index in [9.17, 15) is 19.2 Å². The summed E-state index contributed by atoms with van der Waals surface area (Å²) in [6.45, 7) is 1.79. The number of carbonyl (C=O) groups is 4. The van der Waals surface area contributed by atoms with Crippen molar-refractivity contribution in [1.82, 2.24) is 20.4 Å². The molecule has 0 spiro atoms. The molecule has 0 unspecified atom stereocenters. The van der Waals surface area contributed by atoms with Gasteiger partial charge in [0.1, 0.15) is 6.54 Å². The highest BCUT2D eigenvalue weighted by Gasteiger charge is 2.41. The Morgan fingerprint density at radius 1 is 1.43 bits per heavy atom. The third-order valence-electron chi connectivity index (χ3n) is 3.56. The second-order valence-electron chi connectivity index (χ2n) is 5.11. The van der Waals surface area contributed by atoms with Gasteiger partial charge >= 0.3 is 6.03 Å². The summed E-state index contributed by atoms with van der Waals surface area (Å²) >= 11 is 0. The average Bonchev–Trinajstić information content (AvgIpc) is 2.78. The molecule has 0 saturated carbocycles. The van der Waals surface area contributed by atoms with Gasteiger partial charge in [-0.05, 0) is 6.92 Å². The Hall–Kier alpha value is -2.16. The number of carbonyl (C=O) groups excluding carboxylic acids is 4. The number of amides is 5. The van der Waals surface area contributed by atoms with E-state index in [0.29, 0.717) is 6.54 Å². The van der Waals surface area contributed by atoms with Crippen molar-refractivity contribution in [1.29, 1.82) is 0 Å². The fourth-order valence-corrected chi connectivity index (χ4v) is 2.34. The largest absolute Gasteiger partial charge is 0.362 e. The minimum absolute atomic E-state index is 0.0785. The molecule has 21 heavy (non-hydrogen) atoms. The molecule has 9 nitrogen and oxygen atoms in total. The number of morpholine rings is 1. The van der Waals surface area contributed by atoms with Crippen LogP contribution in [0.3, 0.4) is 0 Å². The van der Waals surface area contributed by atoms with Crippen LogP contribution in [0, 0.1) is 0 Å². The maximum Gasteiger partial charge on any atom is 0.325 e. The zero-order chi connectivity index (χ0) is 15.6. The Morgan fingerprint density at radius 3 is 2.71 bits per heavy atom. The summed E-state index contributed by atoms with van der Waals surface area (Å²) in [7, 11) is 1.49. The first-order valence-corrected chi connectivity index (χ1v) is 6.59. The smallest absolute Gasteiger partial charge is 0.325 e. The monoisotopic (exact) mass is 298 g/mol. The molecule has 116 valence electrons. The van der Waals surface area contributed by atoms with E-state index in [1.54, 1.807) is 6.92 Å². The van der Waals surface area contributed by atoms with E-state index in [1.807, 2.05) is 0 Å². The molecule has 2 aliphatic heterocycles. The van der Waals surface area contributed by atoms with Crippen LogP contribution in [0.4, 0.5) is 4.79 Å². The molecule has 0 bridgehead atoms. The van der Waals surface area contributed by atoms with Crippen LogP contribution in [-0.4, -0.2) is 79.0 Å². The van der Waals surface area contributed by atoms with Crippen molar-refractivity contribution in [3.05, 3.63) is 0 Å². The first-order valence-electron chi connectivity index (χ1n) is 6.59. The highest BCUT2D eigenvalue weighted by atomic mass is 16.5. The number of hydrogen-bond donors (Lipinski definition) is 2. The standard InChI is InChI=1S/C12H18N4O5/c1-12(10(19)13-2)7-15(3-4-21-12)9(18)6-16-8(17)5-14-11(16)20/h3-7H2,1-2H3,(H,13,19)(H,14,20)/t12-/m1/s1. The minimum atomic E-state index is -1.13. The predicted octanol–water partition coefficient (Wildman–Crippen LogP) is -2.10. The molecule has 0 radical (unpaired) electrons. The second-order valence-corrected chi connectivity index (χ2v) is 5.11. The van der Waals surface area contributed by atoms with Gasteiger partial charge in [0.15, 0.2) is 5.60 Å². The lowest BCUT2D eigenvalue weighted by Gasteiger charge is -2.39. The highest BCUT2D eigenvalue weighted by Crippen LogP contribution is 2.18. The topological polar surface area (TPSA) is 108 Å². The Labute approximate surface area is 121 Å². The van der Waals surface area contributed by atoms with Crippen molar-refractivity contribution >= 4 is 23.8 Å². The Morgan fingerprint density at radius 2 is 2.14 bits per heavy atom. The molecular weight excluding hydrogens is 280 g/mol. The summed E-state index contributed by atoms with van der Waals surface area (Å²) in [4.78, 5) is 49.2. The van der Waals surface area contributed by atoms with Gasteiger partial charge < -0.3 is 20.3 Å². The first-order chi connectivity index (χ1) is 9.87. The van der Waals surface area contributed by atoms with E-state index in [4.69, 9.17) is 4.74 Å². The quantitative estimate of drug-likeness (QED) is 0.580. The van der Waals surface area contributed by atoms with Crippen molar-refractivity contribution in [2.24, 2.45) is 0 Å². The average molecular weight is 298 g/mol. The Bertz CT molecular complexity index is 478. The fourth-order valence-electron chi connectivity index (χ4n) is 2.34. The predicted molar refractivity (Wildman–Crippen MR) is 70.1 cm³/mol. The van der Waals surface area contributed by atoms with Gasteiger partial charge in [-0.2, -0.15) is 0 Å². The summed E-state index contributed by atoms with van der Waals surface area (Å²) in [6, 6.07) is -0.573. The Kier molecular flexibility index (Phi) is 4.12. The van der Waals surface area contributed by atoms with Gasteiger partial charge in [0.2, 0.25) is 5.91 Å². The van der Waals surface area contributed by atoms with E-state index < -0.39 is 17.5 Å².